The summed E-state index contributed by atoms with van der Waals surface area (Å²) in [6.45, 7) is 1.91. The summed E-state index contributed by atoms with van der Waals surface area (Å²) in [5.41, 5.74) is 1.09. The van der Waals surface area contributed by atoms with Gasteiger partial charge in [0.05, 0.1) is 11.8 Å². The van der Waals surface area contributed by atoms with Crippen LogP contribution in [-0.2, 0) is 4.79 Å². The SMILES string of the molecule is N#Cc1cccnc1N1CCN(C(=O)C(=Cc2ccco2)NC(=O)c2ccccc2)CC1. The van der Waals surface area contributed by atoms with Crippen LogP contribution in [0.25, 0.3) is 6.08 Å². The molecule has 0 bridgehead atoms. The molecule has 32 heavy (non-hydrogen) atoms. The van der Waals surface area contributed by atoms with Gasteiger partial charge in [0.2, 0.25) is 0 Å². The summed E-state index contributed by atoms with van der Waals surface area (Å²) in [4.78, 5) is 33.9. The van der Waals surface area contributed by atoms with E-state index in [2.05, 4.69) is 16.4 Å². The fourth-order valence-corrected chi connectivity index (χ4v) is 3.48. The van der Waals surface area contributed by atoms with Gasteiger partial charge in [-0.1, -0.05) is 18.2 Å². The summed E-state index contributed by atoms with van der Waals surface area (Å²) < 4.78 is 5.34. The fourth-order valence-electron chi connectivity index (χ4n) is 3.48. The zero-order valence-electron chi connectivity index (χ0n) is 17.3. The van der Waals surface area contributed by atoms with Crippen LogP contribution < -0.4 is 10.2 Å². The summed E-state index contributed by atoms with van der Waals surface area (Å²) in [6, 6.07) is 17.7. The van der Waals surface area contributed by atoms with E-state index < -0.39 is 0 Å². The van der Waals surface area contributed by atoms with Gasteiger partial charge in [-0.05, 0) is 36.4 Å². The van der Waals surface area contributed by atoms with Crippen LogP contribution in [0.3, 0.4) is 0 Å². The molecule has 0 unspecified atom stereocenters. The lowest BCUT2D eigenvalue weighted by Crippen LogP contribution is -2.51. The molecule has 1 fully saturated rings. The highest BCUT2D eigenvalue weighted by atomic mass is 16.3. The third-order valence-electron chi connectivity index (χ3n) is 5.12. The Morgan fingerprint density at radius 1 is 1.03 bits per heavy atom. The lowest BCUT2D eigenvalue weighted by atomic mass is 10.2. The number of amides is 2. The molecule has 1 N–H and O–H groups in total. The smallest absolute Gasteiger partial charge is 0.270 e. The minimum absolute atomic E-state index is 0.137. The van der Waals surface area contributed by atoms with E-state index in [0.717, 1.165) is 0 Å². The number of nitrogens with zero attached hydrogens (tertiary/aromatic N) is 4. The van der Waals surface area contributed by atoms with Gasteiger partial charge in [0.1, 0.15) is 23.3 Å². The first-order valence-electron chi connectivity index (χ1n) is 10.2. The Morgan fingerprint density at radius 2 is 1.81 bits per heavy atom. The maximum atomic E-state index is 13.3. The first kappa shape index (κ1) is 20.9. The molecule has 1 saturated heterocycles. The number of furan rings is 1. The lowest BCUT2D eigenvalue weighted by Gasteiger charge is -2.36. The van der Waals surface area contributed by atoms with E-state index in [1.165, 1.54) is 12.3 Å². The van der Waals surface area contributed by atoms with E-state index >= 15 is 0 Å². The van der Waals surface area contributed by atoms with Crippen LogP contribution in [-0.4, -0.2) is 47.9 Å². The standard InChI is InChI=1S/C24H21N5O3/c25-17-19-8-4-10-26-22(19)28-11-13-29(14-12-28)24(31)21(16-20-9-5-15-32-20)27-23(30)18-6-2-1-3-7-18/h1-10,15-16H,11-14H2,(H,27,30). The van der Waals surface area contributed by atoms with Crippen molar-refractivity contribution in [3.8, 4) is 6.07 Å². The number of carbonyl (C=O) groups excluding carboxylic acids is 2. The van der Waals surface area contributed by atoms with Gasteiger partial charge in [0.15, 0.2) is 0 Å². The highest BCUT2D eigenvalue weighted by molar-refractivity contribution is 6.05. The van der Waals surface area contributed by atoms with Crippen molar-refractivity contribution < 1.29 is 14.0 Å². The predicted octanol–water partition coefficient (Wildman–Crippen LogP) is 2.67. The van der Waals surface area contributed by atoms with Crippen molar-refractivity contribution >= 4 is 23.7 Å². The molecule has 3 heterocycles. The Kier molecular flexibility index (Phi) is 6.28. The second-order valence-corrected chi connectivity index (χ2v) is 7.16. The first-order valence-corrected chi connectivity index (χ1v) is 10.2. The minimum atomic E-state index is -0.373. The predicted molar refractivity (Wildman–Crippen MR) is 118 cm³/mol. The molecule has 2 aromatic heterocycles. The van der Waals surface area contributed by atoms with Gasteiger partial charge in [-0.2, -0.15) is 5.26 Å². The summed E-state index contributed by atoms with van der Waals surface area (Å²) in [5, 5.41) is 12.1. The molecule has 160 valence electrons. The van der Waals surface area contributed by atoms with Crippen molar-refractivity contribution in [1.82, 2.24) is 15.2 Å². The summed E-state index contributed by atoms with van der Waals surface area (Å²) in [6.07, 6.45) is 4.68. The molecular weight excluding hydrogens is 406 g/mol. The third kappa shape index (κ3) is 4.68. The van der Waals surface area contributed by atoms with Crippen molar-refractivity contribution in [1.29, 1.82) is 5.26 Å². The number of piperazine rings is 1. The summed E-state index contributed by atoms with van der Waals surface area (Å²) >= 11 is 0. The van der Waals surface area contributed by atoms with Crippen molar-refractivity contribution in [2.24, 2.45) is 0 Å². The van der Waals surface area contributed by atoms with Gasteiger partial charge in [-0.25, -0.2) is 4.98 Å². The Morgan fingerprint density at radius 3 is 2.50 bits per heavy atom. The number of nitrogens with one attached hydrogen (secondary N) is 1. The maximum Gasteiger partial charge on any atom is 0.270 e. The number of nitriles is 1. The lowest BCUT2D eigenvalue weighted by molar-refractivity contribution is -0.127. The highest BCUT2D eigenvalue weighted by Gasteiger charge is 2.26. The van der Waals surface area contributed by atoms with Crippen LogP contribution in [0.1, 0.15) is 21.7 Å². The third-order valence-corrected chi connectivity index (χ3v) is 5.12. The molecule has 1 aliphatic heterocycles. The van der Waals surface area contributed by atoms with Crippen LogP contribution in [0.15, 0.2) is 77.2 Å². The molecule has 2 amide bonds. The van der Waals surface area contributed by atoms with Crippen molar-refractivity contribution in [3.63, 3.8) is 0 Å². The van der Waals surface area contributed by atoms with E-state index in [9.17, 15) is 14.9 Å². The monoisotopic (exact) mass is 427 g/mol. The van der Waals surface area contributed by atoms with E-state index in [0.29, 0.717) is 48.9 Å². The minimum Gasteiger partial charge on any atom is -0.465 e. The van der Waals surface area contributed by atoms with Gasteiger partial charge < -0.3 is 19.5 Å². The topological polar surface area (TPSA) is 102 Å². The average Bonchev–Trinajstić information content (AvgIpc) is 3.37. The number of hydrogen-bond donors (Lipinski definition) is 1. The molecular formula is C24H21N5O3. The number of carbonyl (C=O) groups is 2. The van der Waals surface area contributed by atoms with Crippen molar-refractivity contribution in [3.05, 3.63) is 89.6 Å². The van der Waals surface area contributed by atoms with Gasteiger partial charge in [-0.15, -0.1) is 0 Å². The average molecular weight is 427 g/mol. The van der Waals surface area contributed by atoms with Crippen LogP contribution in [0.5, 0.6) is 0 Å². The van der Waals surface area contributed by atoms with Crippen molar-refractivity contribution in [2.45, 2.75) is 0 Å². The van der Waals surface area contributed by atoms with Gasteiger partial charge in [0.25, 0.3) is 11.8 Å². The van der Waals surface area contributed by atoms with E-state index in [-0.39, 0.29) is 17.5 Å². The summed E-state index contributed by atoms with van der Waals surface area (Å²) in [5.74, 6) is 0.410. The molecule has 0 aliphatic carbocycles. The number of aromatic nitrogens is 1. The number of anilines is 1. The second kappa shape index (κ2) is 9.62. The molecule has 8 heteroatoms. The maximum absolute atomic E-state index is 13.3. The number of benzene rings is 1. The molecule has 1 aliphatic rings. The van der Waals surface area contributed by atoms with Crippen LogP contribution in [0.2, 0.25) is 0 Å². The quantitative estimate of drug-likeness (QED) is 0.628. The molecule has 8 nitrogen and oxygen atoms in total. The zero-order chi connectivity index (χ0) is 22.3. The Hall–Kier alpha value is -4.38. The number of hydrogen-bond acceptors (Lipinski definition) is 6. The number of rotatable bonds is 5. The number of pyridine rings is 1. The fraction of sp³-hybridized carbons (Fsp3) is 0.167. The molecule has 1 aromatic carbocycles. The van der Waals surface area contributed by atoms with Crippen LogP contribution >= 0.6 is 0 Å². The molecule has 0 saturated carbocycles. The molecule has 0 spiro atoms. The van der Waals surface area contributed by atoms with E-state index in [1.54, 1.807) is 59.6 Å². The molecule has 0 atom stereocenters. The molecule has 0 radical (unpaired) electrons. The van der Waals surface area contributed by atoms with E-state index in [1.807, 2.05) is 11.0 Å². The Labute approximate surface area is 185 Å². The Bertz CT molecular complexity index is 1160. The Balaban J connectivity index is 1.49. The first-order chi connectivity index (χ1) is 15.7. The highest BCUT2D eigenvalue weighted by Crippen LogP contribution is 2.19. The van der Waals surface area contributed by atoms with Gasteiger partial charge in [-0.3, -0.25) is 9.59 Å². The molecule has 4 rings (SSSR count). The van der Waals surface area contributed by atoms with Crippen LogP contribution in [0.4, 0.5) is 5.82 Å². The largest absolute Gasteiger partial charge is 0.465 e. The molecule has 3 aromatic rings. The summed E-state index contributed by atoms with van der Waals surface area (Å²) in [7, 11) is 0. The van der Waals surface area contributed by atoms with E-state index in [4.69, 9.17) is 4.42 Å². The van der Waals surface area contributed by atoms with Crippen molar-refractivity contribution in [2.75, 3.05) is 31.1 Å². The van der Waals surface area contributed by atoms with Gasteiger partial charge in [0, 0.05) is 44.0 Å². The van der Waals surface area contributed by atoms with Crippen LogP contribution in [0, 0.1) is 11.3 Å². The zero-order valence-corrected chi connectivity index (χ0v) is 17.3. The second-order valence-electron chi connectivity index (χ2n) is 7.16. The normalized spacial score (nSPS) is 14.0. The van der Waals surface area contributed by atoms with Gasteiger partial charge >= 0.3 is 0 Å².